The van der Waals surface area contributed by atoms with Crippen LogP contribution in [0.3, 0.4) is 0 Å². The molecular weight excluding hydrogens is 298 g/mol. The van der Waals surface area contributed by atoms with E-state index < -0.39 is 0 Å². The fraction of sp³-hybridized carbons (Fsp3) is 0.167. The van der Waals surface area contributed by atoms with Crippen molar-refractivity contribution < 1.29 is 5.11 Å². The van der Waals surface area contributed by atoms with Crippen molar-refractivity contribution in [1.82, 2.24) is 4.98 Å². The van der Waals surface area contributed by atoms with Gasteiger partial charge in [-0.25, -0.2) is 0 Å². The number of phenolic OH excluding ortho intramolecular Hbond substituents is 1. The van der Waals surface area contributed by atoms with Crippen LogP contribution < -0.4 is 5.56 Å². The number of aromatic nitrogens is 1. The number of pyridine rings is 1. The highest BCUT2D eigenvalue weighted by molar-refractivity contribution is 6.30. The second kappa shape index (κ2) is 5.50. The molecular formula is C18H16ClNO2. The highest BCUT2D eigenvalue weighted by Crippen LogP contribution is 2.29. The average molecular weight is 314 g/mol. The van der Waals surface area contributed by atoms with Gasteiger partial charge in [-0.15, -0.1) is 0 Å². The summed E-state index contributed by atoms with van der Waals surface area (Å²) in [6, 6.07) is 11.0. The van der Waals surface area contributed by atoms with Crippen LogP contribution in [0.25, 0.3) is 10.9 Å². The Morgan fingerprint density at radius 2 is 1.95 bits per heavy atom. The normalized spacial score (nSPS) is 11.0. The lowest BCUT2D eigenvalue weighted by Crippen LogP contribution is -2.15. The number of aromatic amines is 1. The summed E-state index contributed by atoms with van der Waals surface area (Å²) in [6.07, 6.45) is 0.477. The molecule has 3 aromatic rings. The summed E-state index contributed by atoms with van der Waals surface area (Å²) in [5.74, 6) is 0.191. The molecule has 0 aliphatic heterocycles. The maximum atomic E-state index is 12.4. The van der Waals surface area contributed by atoms with E-state index in [1.54, 1.807) is 12.1 Å². The van der Waals surface area contributed by atoms with E-state index in [0.717, 1.165) is 16.7 Å². The van der Waals surface area contributed by atoms with E-state index in [1.807, 2.05) is 38.1 Å². The van der Waals surface area contributed by atoms with Crippen molar-refractivity contribution in [1.29, 1.82) is 0 Å². The van der Waals surface area contributed by atoms with Crippen molar-refractivity contribution >= 4 is 22.5 Å². The molecule has 1 heterocycles. The van der Waals surface area contributed by atoms with Gasteiger partial charge < -0.3 is 10.1 Å². The summed E-state index contributed by atoms with van der Waals surface area (Å²) in [4.78, 5) is 15.3. The van der Waals surface area contributed by atoms with Gasteiger partial charge in [-0.2, -0.15) is 0 Å². The first-order valence-corrected chi connectivity index (χ1v) is 7.43. The third kappa shape index (κ3) is 2.60. The van der Waals surface area contributed by atoms with E-state index >= 15 is 0 Å². The van der Waals surface area contributed by atoms with Crippen LogP contribution in [0.4, 0.5) is 0 Å². The summed E-state index contributed by atoms with van der Waals surface area (Å²) in [7, 11) is 0. The first kappa shape index (κ1) is 14.7. The molecule has 112 valence electrons. The summed E-state index contributed by atoms with van der Waals surface area (Å²) in [5.41, 5.74) is 3.85. The largest absolute Gasteiger partial charge is 0.507 e. The number of nitrogens with one attached hydrogen (secondary N) is 1. The Balaban J connectivity index is 2.20. The molecule has 3 rings (SSSR count). The number of fused-ring (bicyclic) bond motifs is 1. The van der Waals surface area contributed by atoms with Crippen molar-refractivity contribution in [2.75, 3.05) is 0 Å². The predicted molar refractivity (Wildman–Crippen MR) is 90.0 cm³/mol. The number of hydrogen-bond donors (Lipinski definition) is 2. The number of aromatic hydroxyl groups is 1. The van der Waals surface area contributed by atoms with E-state index in [-0.39, 0.29) is 11.3 Å². The molecule has 2 N–H and O–H groups in total. The van der Waals surface area contributed by atoms with Gasteiger partial charge in [0.25, 0.3) is 5.56 Å². The van der Waals surface area contributed by atoms with Gasteiger partial charge in [-0.1, -0.05) is 23.7 Å². The summed E-state index contributed by atoms with van der Waals surface area (Å²) in [6.45, 7) is 3.75. The highest BCUT2D eigenvalue weighted by atomic mass is 35.5. The Bertz CT molecular complexity index is 928. The molecule has 3 nitrogen and oxygen atoms in total. The maximum Gasteiger partial charge on any atom is 0.252 e. The van der Waals surface area contributed by atoms with Crippen LogP contribution in [0.5, 0.6) is 5.75 Å². The Labute approximate surface area is 133 Å². The number of rotatable bonds is 2. The van der Waals surface area contributed by atoms with Crippen molar-refractivity contribution in [3.63, 3.8) is 0 Å². The lowest BCUT2D eigenvalue weighted by atomic mass is 9.97. The molecule has 0 unspecified atom stereocenters. The monoisotopic (exact) mass is 313 g/mol. The van der Waals surface area contributed by atoms with Gasteiger partial charge in [0.15, 0.2) is 0 Å². The highest BCUT2D eigenvalue weighted by Gasteiger charge is 2.13. The zero-order valence-corrected chi connectivity index (χ0v) is 13.2. The molecule has 1 aromatic heterocycles. The van der Waals surface area contributed by atoms with E-state index in [1.165, 1.54) is 0 Å². The molecule has 0 fully saturated rings. The molecule has 0 atom stereocenters. The minimum Gasteiger partial charge on any atom is -0.507 e. The lowest BCUT2D eigenvalue weighted by Gasteiger charge is -2.11. The Hall–Kier alpha value is -2.26. The molecule has 22 heavy (non-hydrogen) atoms. The van der Waals surface area contributed by atoms with Crippen LogP contribution in [0.2, 0.25) is 5.02 Å². The molecule has 0 saturated carbocycles. The predicted octanol–water partition coefficient (Wildman–Crippen LogP) is 4.09. The molecule has 0 radical (unpaired) electrons. The third-order valence-electron chi connectivity index (χ3n) is 3.88. The van der Waals surface area contributed by atoms with Crippen LogP contribution in [0, 0.1) is 13.8 Å². The van der Waals surface area contributed by atoms with Crippen LogP contribution >= 0.6 is 11.6 Å². The van der Waals surface area contributed by atoms with Gasteiger partial charge in [0.05, 0.1) is 5.52 Å². The number of hydrogen-bond acceptors (Lipinski definition) is 2. The second-order valence-corrected chi connectivity index (χ2v) is 6.01. The topological polar surface area (TPSA) is 53.1 Å². The molecule has 0 spiro atoms. The number of phenols is 1. The summed E-state index contributed by atoms with van der Waals surface area (Å²) < 4.78 is 0. The maximum absolute atomic E-state index is 12.4. The van der Waals surface area contributed by atoms with Gasteiger partial charge in [0, 0.05) is 22.4 Å². The smallest absolute Gasteiger partial charge is 0.252 e. The van der Waals surface area contributed by atoms with E-state index in [0.29, 0.717) is 27.9 Å². The van der Waals surface area contributed by atoms with Gasteiger partial charge in [-0.05, 0) is 54.8 Å². The van der Waals surface area contributed by atoms with E-state index in [9.17, 15) is 9.90 Å². The number of aryl methyl sites for hydroxylation is 2. The number of halogens is 1. The Kier molecular flexibility index (Phi) is 3.67. The van der Waals surface area contributed by atoms with E-state index in [4.69, 9.17) is 11.6 Å². The molecule has 0 saturated heterocycles. The lowest BCUT2D eigenvalue weighted by molar-refractivity contribution is 0.481. The average Bonchev–Trinajstić information content (AvgIpc) is 2.42. The van der Waals surface area contributed by atoms with Crippen molar-refractivity contribution in [3.8, 4) is 5.75 Å². The quantitative estimate of drug-likeness (QED) is 0.748. The fourth-order valence-electron chi connectivity index (χ4n) is 2.84. The van der Waals surface area contributed by atoms with Crippen LogP contribution in [-0.2, 0) is 6.42 Å². The molecule has 4 heteroatoms. The minimum absolute atomic E-state index is 0.130. The molecule has 0 aliphatic rings. The second-order valence-electron chi connectivity index (χ2n) is 5.57. The van der Waals surface area contributed by atoms with Crippen LogP contribution in [0.15, 0.2) is 41.2 Å². The van der Waals surface area contributed by atoms with Crippen LogP contribution in [0.1, 0.15) is 22.3 Å². The van der Waals surface area contributed by atoms with Gasteiger partial charge >= 0.3 is 0 Å². The number of benzene rings is 2. The van der Waals surface area contributed by atoms with Gasteiger partial charge in [-0.3, -0.25) is 4.79 Å². The van der Waals surface area contributed by atoms with Gasteiger partial charge in [0.2, 0.25) is 0 Å². The first-order chi connectivity index (χ1) is 10.5. The number of H-pyrrole nitrogens is 1. The molecule has 0 amide bonds. The molecule has 0 bridgehead atoms. The van der Waals surface area contributed by atoms with Gasteiger partial charge in [0.1, 0.15) is 5.75 Å². The van der Waals surface area contributed by atoms with E-state index in [2.05, 4.69) is 4.98 Å². The molecule has 2 aromatic carbocycles. The summed E-state index contributed by atoms with van der Waals surface area (Å²) in [5, 5.41) is 11.6. The third-order valence-corrected chi connectivity index (χ3v) is 4.12. The van der Waals surface area contributed by atoms with Crippen molar-refractivity contribution in [2.24, 2.45) is 0 Å². The first-order valence-electron chi connectivity index (χ1n) is 7.05. The minimum atomic E-state index is -0.130. The van der Waals surface area contributed by atoms with Crippen molar-refractivity contribution in [3.05, 3.63) is 74.0 Å². The zero-order chi connectivity index (χ0) is 15.9. The van der Waals surface area contributed by atoms with Crippen molar-refractivity contribution in [2.45, 2.75) is 20.3 Å². The van der Waals surface area contributed by atoms with Crippen LogP contribution in [-0.4, -0.2) is 10.1 Å². The Morgan fingerprint density at radius 3 is 2.68 bits per heavy atom. The standard InChI is InChI=1S/C18H16ClNO2/c1-10-6-15-17(16(21)7-10)11(2)14(18(22)20-15)9-12-4-3-5-13(19)8-12/h3-8,21H,9H2,1-2H3,(H,20,22). The Morgan fingerprint density at radius 1 is 1.18 bits per heavy atom. The SMILES string of the molecule is Cc1cc(O)c2c(C)c(Cc3cccc(Cl)c3)c(=O)[nH]c2c1. The summed E-state index contributed by atoms with van der Waals surface area (Å²) >= 11 is 6.00. The zero-order valence-electron chi connectivity index (χ0n) is 12.4. The molecule has 0 aliphatic carbocycles. The fourth-order valence-corrected chi connectivity index (χ4v) is 3.06.